The molecule has 1 N–H and O–H groups in total. The van der Waals surface area contributed by atoms with E-state index in [1.807, 2.05) is 25.7 Å². The molecule has 3 fully saturated rings. The van der Waals surface area contributed by atoms with E-state index in [2.05, 4.69) is 5.32 Å². The van der Waals surface area contributed by atoms with Gasteiger partial charge in [-0.15, -0.1) is 0 Å². The summed E-state index contributed by atoms with van der Waals surface area (Å²) in [7, 11) is 0. The molecule has 0 spiro atoms. The number of hydrogen-bond donors (Lipinski definition) is 1. The van der Waals surface area contributed by atoms with Crippen LogP contribution in [0.15, 0.2) is 0 Å². The highest BCUT2D eigenvalue weighted by Gasteiger charge is 2.45. The van der Waals surface area contributed by atoms with Gasteiger partial charge in [0.1, 0.15) is 5.60 Å². The Morgan fingerprint density at radius 3 is 2.75 bits per heavy atom. The number of carbonyl (C=O) groups excluding carboxylic acids is 1. The number of rotatable bonds is 1. The van der Waals surface area contributed by atoms with Crippen LogP contribution in [-0.4, -0.2) is 54.5 Å². The lowest BCUT2D eigenvalue weighted by Crippen LogP contribution is -2.57. The summed E-state index contributed by atoms with van der Waals surface area (Å²) in [5, 5.41) is 3.56. The van der Waals surface area contributed by atoms with Crippen molar-refractivity contribution in [3.05, 3.63) is 0 Å². The third-order valence-corrected chi connectivity index (χ3v) is 4.53. The molecule has 0 aliphatic carbocycles. The van der Waals surface area contributed by atoms with E-state index in [0.717, 1.165) is 26.1 Å². The van der Waals surface area contributed by atoms with Crippen molar-refractivity contribution < 1.29 is 14.3 Å². The van der Waals surface area contributed by atoms with Gasteiger partial charge in [-0.2, -0.15) is 0 Å². The summed E-state index contributed by atoms with van der Waals surface area (Å²) in [5.74, 6) is 0.555. The molecule has 4 atom stereocenters. The third kappa shape index (κ3) is 2.93. The number of ether oxygens (including phenoxy) is 2. The van der Waals surface area contributed by atoms with Gasteiger partial charge in [0, 0.05) is 31.6 Å². The highest BCUT2D eigenvalue weighted by atomic mass is 16.6. The minimum absolute atomic E-state index is 0.187. The van der Waals surface area contributed by atoms with Gasteiger partial charge < -0.3 is 19.7 Å². The van der Waals surface area contributed by atoms with Gasteiger partial charge in [-0.25, -0.2) is 4.79 Å². The molecular weight excluding hydrogens is 256 g/mol. The fourth-order valence-electron chi connectivity index (χ4n) is 3.66. The maximum absolute atomic E-state index is 12.2. The van der Waals surface area contributed by atoms with E-state index < -0.39 is 5.60 Å². The molecule has 0 aromatic heterocycles. The van der Waals surface area contributed by atoms with Gasteiger partial charge >= 0.3 is 6.09 Å². The molecule has 0 saturated carbocycles. The summed E-state index contributed by atoms with van der Waals surface area (Å²) in [4.78, 5) is 14.0. The second kappa shape index (κ2) is 5.19. The number of nitrogens with zero attached hydrogens (tertiary/aromatic N) is 1. The van der Waals surface area contributed by atoms with Crippen LogP contribution in [0.2, 0.25) is 0 Å². The molecule has 3 aliphatic heterocycles. The highest BCUT2D eigenvalue weighted by Crippen LogP contribution is 2.40. The molecule has 0 radical (unpaired) electrons. The van der Waals surface area contributed by atoms with Gasteiger partial charge in [-0.3, -0.25) is 0 Å². The van der Waals surface area contributed by atoms with E-state index >= 15 is 0 Å². The van der Waals surface area contributed by atoms with E-state index in [-0.39, 0.29) is 6.09 Å². The average Bonchev–Trinajstić information content (AvgIpc) is 2.99. The molecule has 3 aliphatic rings. The third-order valence-electron chi connectivity index (χ3n) is 4.53. The number of fused-ring (bicyclic) bond motifs is 2. The fourth-order valence-corrected chi connectivity index (χ4v) is 3.66. The average molecular weight is 282 g/mol. The minimum atomic E-state index is -0.424. The van der Waals surface area contributed by atoms with Crippen molar-refractivity contribution in [2.24, 2.45) is 5.92 Å². The van der Waals surface area contributed by atoms with E-state index in [1.165, 1.54) is 12.8 Å². The minimum Gasteiger partial charge on any atom is -0.444 e. The first-order valence-corrected chi connectivity index (χ1v) is 7.79. The van der Waals surface area contributed by atoms with Crippen LogP contribution in [0.4, 0.5) is 4.79 Å². The molecule has 3 rings (SSSR count). The summed E-state index contributed by atoms with van der Waals surface area (Å²) in [6.45, 7) is 8.05. The lowest BCUT2D eigenvalue weighted by molar-refractivity contribution is 0.0142. The van der Waals surface area contributed by atoms with Crippen LogP contribution in [0.1, 0.15) is 40.0 Å². The smallest absolute Gasteiger partial charge is 0.410 e. The molecule has 4 unspecified atom stereocenters. The monoisotopic (exact) mass is 282 g/mol. The Balaban J connectivity index is 1.58. The van der Waals surface area contributed by atoms with E-state index in [9.17, 15) is 4.79 Å². The molecular formula is C15H26N2O3. The Morgan fingerprint density at radius 1 is 1.35 bits per heavy atom. The van der Waals surface area contributed by atoms with Gasteiger partial charge in [0.25, 0.3) is 0 Å². The molecule has 3 saturated heterocycles. The molecule has 1 amide bonds. The van der Waals surface area contributed by atoms with Crippen molar-refractivity contribution in [2.45, 2.75) is 63.9 Å². The van der Waals surface area contributed by atoms with Crippen LogP contribution in [-0.2, 0) is 9.47 Å². The van der Waals surface area contributed by atoms with Crippen LogP contribution in [0.25, 0.3) is 0 Å². The lowest BCUT2D eigenvalue weighted by Gasteiger charge is -2.38. The summed E-state index contributed by atoms with van der Waals surface area (Å²) >= 11 is 0. The molecule has 3 heterocycles. The van der Waals surface area contributed by atoms with E-state index in [0.29, 0.717) is 24.2 Å². The quantitative estimate of drug-likeness (QED) is 0.796. The van der Waals surface area contributed by atoms with Crippen LogP contribution in [0.3, 0.4) is 0 Å². The van der Waals surface area contributed by atoms with Crippen molar-refractivity contribution in [1.82, 2.24) is 10.2 Å². The van der Waals surface area contributed by atoms with E-state index in [1.54, 1.807) is 0 Å². The molecule has 20 heavy (non-hydrogen) atoms. The van der Waals surface area contributed by atoms with Crippen LogP contribution in [0, 0.1) is 5.92 Å². The Hall–Kier alpha value is -0.810. The summed E-state index contributed by atoms with van der Waals surface area (Å²) in [6.07, 6.45) is 4.21. The molecule has 2 bridgehead atoms. The predicted molar refractivity (Wildman–Crippen MR) is 75.6 cm³/mol. The fraction of sp³-hybridized carbons (Fsp3) is 0.933. The first-order chi connectivity index (χ1) is 9.42. The largest absolute Gasteiger partial charge is 0.444 e. The number of amides is 1. The standard InChI is InChI=1S/C15H26N2O3/c1-15(2,3)20-14(18)17-7-6-16-12(9-17)11-8-10-4-5-13(11)19-10/h10-13,16H,4-9H2,1-3H3. The second-order valence-corrected chi connectivity index (χ2v) is 7.26. The second-order valence-electron chi connectivity index (χ2n) is 7.26. The summed E-state index contributed by atoms with van der Waals surface area (Å²) in [5.41, 5.74) is -0.424. The van der Waals surface area contributed by atoms with Crippen molar-refractivity contribution in [1.29, 1.82) is 0 Å². The maximum Gasteiger partial charge on any atom is 0.410 e. The van der Waals surface area contributed by atoms with Crippen LogP contribution in [0.5, 0.6) is 0 Å². The normalized spacial score (nSPS) is 37.2. The van der Waals surface area contributed by atoms with E-state index in [4.69, 9.17) is 9.47 Å². The van der Waals surface area contributed by atoms with Gasteiger partial charge in [0.05, 0.1) is 12.2 Å². The predicted octanol–water partition coefficient (Wildman–Crippen LogP) is 1.76. The van der Waals surface area contributed by atoms with Gasteiger partial charge in [-0.05, 0) is 40.0 Å². The van der Waals surface area contributed by atoms with Gasteiger partial charge in [0.15, 0.2) is 0 Å². The summed E-state index contributed by atoms with van der Waals surface area (Å²) < 4.78 is 11.4. The van der Waals surface area contributed by atoms with Crippen LogP contribution >= 0.6 is 0 Å². The zero-order chi connectivity index (χ0) is 14.3. The Morgan fingerprint density at radius 2 is 2.15 bits per heavy atom. The summed E-state index contributed by atoms with van der Waals surface area (Å²) in [6, 6.07) is 0.353. The van der Waals surface area contributed by atoms with Crippen molar-refractivity contribution in [3.8, 4) is 0 Å². The lowest BCUT2D eigenvalue weighted by atomic mass is 9.83. The van der Waals surface area contributed by atoms with Crippen molar-refractivity contribution in [2.75, 3.05) is 19.6 Å². The maximum atomic E-state index is 12.2. The number of hydrogen-bond acceptors (Lipinski definition) is 4. The Kier molecular flexibility index (Phi) is 3.67. The number of carbonyl (C=O) groups is 1. The van der Waals surface area contributed by atoms with Gasteiger partial charge in [0.2, 0.25) is 0 Å². The van der Waals surface area contributed by atoms with Crippen molar-refractivity contribution >= 4 is 6.09 Å². The Labute approximate surface area is 121 Å². The molecule has 5 heteroatoms. The van der Waals surface area contributed by atoms with Crippen molar-refractivity contribution in [3.63, 3.8) is 0 Å². The first kappa shape index (κ1) is 14.1. The molecule has 0 aromatic carbocycles. The van der Waals surface area contributed by atoms with Crippen LogP contribution < -0.4 is 5.32 Å². The topological polar surface area (TPSA) is 50.8 Å². The first-order valence-electron chi connectivity index (χ1n) is 7.79. The Bertz CT molecular complexity index is 380. The number of nitrogens with one attached hydrogen (secondary N) is 1. The SMILES string of the molecule is CC(C)(C)OC(=O)N1CCNC(C2CC3CCC2O3)C1. The molecule has 114 valence electrons. The zero-order valence-electron chi connectivity index (χ0n) is 12.7. The molecule has 0 aromatic rings. The molecule has 5 nitrogen and oxygen atoms in total. The van der Waals surface area contributed by atoms with Gasteiger partial charge in [-0.1, -0.05) is 0 Å². The highest BCUT2D eigenvalue weighted by molar-refractivity contribution is 5.68. The number of piperazine rings is 1. The zero-order valence-corrected chi connectivity index (χ0v) is 12.7.